The van der Waals surface area contributed by atoms with Gasteiger partial charge >= 0.3 is 12.1 Å². The highest BCUT2D eigenvalue weighted by Crippen LogP contribution is 2.41. The minimum atomic E-state index is -4.43. The summed E-state index contributed by atoms with van der Waals surface area (Å²) in [5.41, 5.74) is 0.578. The standard InChI is InChI=1S/C37H35F5N4O2S/c1-3-45-20-18-27(19-21-45)46(23(2)47,22-28-15-16-32(49-28)24-10-13-26(14-11-24)37(40,41)42)31-9-5-8-30-34(31)36(48)44-33(43-30)17-12-25-6-4-7-29(38)35(25)39/h4-11,13-16,27H,3,12,17-22H2,1-2H3/p+1. The first kappa shape index (κ1) is 34.6. The first-order valence-electron chi connectivity index (χ1n) is 16.2. The molecule has 0 aliphatic carbocycles. The van der Waals surface area contributed by atoms with Crippen LogP contribution in [0.2, 0.25) is 0 Å². The summed E-state index contributed by atoms with van der Waals surface area (Å²) in [4.78, 5) is 39.5. The number of H-pyrrole nitrogens is 1. The molecular weight excluding hydrogens is 659 g/mol. The fourth-order valence-corrected chi connectivity index (χ4v) is 8.06. The zero-order chi connectivity index (χ0) is 34.9. The summed E-state index contributed by atoms with van der Waals surface area (Å²) in [5, 5.41) is 0.288. The molecule has 1 amide bonds. The molecule has 49 heavy (non-hydrogen) atoms. The zero-order valence-corrected chi connectivity index (χ0v) is 27.9. The fraction of sp³-hybridized carbons (Fsp3) is 0.324. The Kier molecular flexibility index (Phi) is 9.83. The van der Waals surface area contributed by atoms with Gasteiger partial charge in [-0.1, -0.05) is 37.3 Å². The Morgan fingerprint density at radius 2 is 1.69 bits per heavy atom. The van der Waals surface area contributed by atoms with Gasteiger partial charge in [0, 0.05) is 43.3 Å². The molecule has 1 aliphatic rings. The number of thiophene rings is 1. The van der Waals surface area contributed by atoms with E-state index < -0.39 is 28.9 Å². The molecule has 1 fully saturated rings. The Balaban J connectivity index is 1.40. The van der Waals surface area contributed by atoms with E-state index in [4.69, 9.17) is 4.98 Å². The number of likely N-dealkylation sites (tertiary alicyclic amines) is 1. The van der Waals surface area contributed by atoms with E-state index in [1.54, 1.807) is 25.1 Å². The van der Waals surface area contributed by atoms with Gasteiger partial charge in [-0.3, -0.25) is 4.79 Å². The van der Waals surface area contributed by atoms with Crippen LogP contribution in [0.4, 0.5) is 27.6 Å². The Labute approximate surface area is 284 Å². The van der Waals surface area contributed by atoms with E-state index >= 15 is 0 Å². The lowest BCUT2D eigenvalue weighted by molar-refractivity contribution is -0.137. The van der Waals surface area contributed by atoms with Gasteiger partial charge < -0.3 is 9.88 Å². The van der Waals surface area contributed by atoms with Crippen LogP contribution in [-0.4, -0.2) is 46.5 Å². The van der Waals surface area contributed by atoms with Gasteiger partial charge in [-0.15, -0.1) is 11.3 Å². The van der Waals surface area contributed by atoms with E-state index in [0.717, 1.165) is 47.6 Å². The number of nitrogens with zero attached hydrogens (tertiary/aromatic N) is 3. The summed E-state index contributed by atoms with van der Waals surface area (Å²) < 4.78 is 67.5. The lowest BCUT2D eigenvalue weighted by Gasteiger charge is -2.45. The topological polar surface area (TPSA) is 66.1 Å². The quantitative estimate of drug-likeness (QED) is 0.125. The van der Waals surface area contributed by atoms with E-state index in [2.05, 4.69) is 16.8 Å². The summed E-state index contributed by atoms with van der Waals surface area (Å²) in [7, 11) is 0. The van der Waals surface area contributed by atoms with Gasteiger partial charge in [0.2, 0.25) is 0 Å². The number of nitrogens with one attached hydrogen (secondary N) is 1. The number of aromatic nitrogens is 2. The summed E-state index contributed by atoms with van der Waals surface area (Å²) in [6.45, 7) is 6.34. The maximum absolute atomic E-state index is 14.3. The average Bonchev–Trinajstić information content (AvgIpc) is 3.55. The van der Waals surface area contributed by atoms with Crippen molar-refractivity contribution in [2.45, 2.75) is 58.3 Å². The van der Waals surface area contributed by atoms with Gasteiger partial charge in [-0.2, -0.15) is 13.2 Å². The molecule has 256 valence electrons. The minimum Gasteiger partial charge on any atom is -0.310 e. The molecule has 1 saturated heterocycles. The highest BCUT2D eigenvalue weighted by atomic mass is 32.1. The molecule has 1 atom stereocenters. The lowest BCUT2D eigenvalue weighted by atomic mass is 9.96. The molecule has 6 nitrogen and oxygen atoms in total. The van der Waals surface area contributed by atoms with Gasteiger partial charge in [0.15, 0.2) is 17.3 Å². The van der Waals surface area contributed by atoms with Crippen LogP contribution in [0.5, 0.6) is 0 Å². The Hall–Kier alpha value is -4.26. The van der Waals surface area contributed by atoms with Crippen LogP contribution in [0, 0.1) is 11.6 Å². The highest BCUT2D eigenvalue weighted by Gasteiger charge is 2.47. The number of amides is 1. The van der Waals surface area contributed by atoms with Crippen LogP contribution < -0.4 is 10.0 Å². The van der Waals surface area contributed by atoms with Crippen LogP contribution in [0.25, 0.3) is 21.3 Å². The third-order valence-electron chi connectivity index (χ3n) is 9.61. The van der Waals surface area contributed by atoms with Gasteiger partial charge in [0.05, 0.1) is 22.9 Å². The summed E-state index contributed by atoms with van der Waals surface area (Å²) in [6.07, 6.45) is -2.72. The van der Waals surface area contributed by atoms with Gasteiger partial charge in [0.25, 0.3) is 5.56 Å². The zero-order valence-electron chi connectivity index (χ0n) is 27.1. The van der Waals surface area contributed by atoms with E-state index in [1.165, 1.54) is 35.6 Å². The number of aryl methyl sites for hydroxylation is 2. The normalized spacial score (nSPS) is 15.8. The summed E-state index contributed by atoms with van der Waals surface area (Å²) >= 11 is 1.41. The van der Waals surface area contributed by atoms with Crippen LogP contribution in [0.3, 0.4) is 0 Å². The molecule has 1 aliphatic heterocycles. The Bertz CT molecular complexity index is 2030. The maximum atomic E-state index is 14.3. The van der Waals surface area contributed by atoms with Crippen molar-refractivity contribution < 1.29 is 26.7 Å². The number of carbonyl (C=O) groups excluding carboxylic acids is 1. The maximum Gasteiger partial charge on any atom is 0.416 e. The molecule has 3 heterocycles. The second-order valence-electron chi connectivity index (χ2n) is 12.4. The number of rotatable bonds is 9. The first-order valence-corrected chi connectivity index (χ1v) is 17.0. The third kappa shape index (κ3) is 6.95. The fourth-order valence-electron chi connectivity index (χ4n) is 6.98. The predicted molar refractivity (Wildman–Crippen MR) is 182 cm³/mol. The van der Waals surface area contributed by atoms with Gasteiger partial charge in [-0.25, -0.2) is 23.0 Å². The van der Waals surface area contributed by atoms with Crippen molar-refractivity contribution in [2.75, 3.05) is 19.6 Å². The van der Waals surface area contributed by atoms with Crippen molar-refractivity contribution in [3.63, 3.8) is 0 Å². The Morgan fingerprint density at radius 3 is 2.37 bits per heavy atom. The number of hydrogen-bond donors (Lipinski definition) is 1. The third-order valence-corrected chi connectivity index (χ3v) is 10.7. The molecule has 3 aromatic carbocycles. The summed E-state index contributed by atoms with van der Waals surface area (Å²) in [5.74, 6) is -1.70. The van der Waals surface area contributed by atoms with Crippen molar-refractivity contribution in [1.82, 2.24) is 19.4 Å². The number of fused-ring (bicyclic) bond motifs is 1. The largest absolute Gasteiger partial charge is 0.416 e. The molecule has 1 unspecified atom stereocenters. The molecule has 2 aromatic heterocycles. The molecule has 1 N–H and O–H groups in total. The molecule has 5 aromatic rings. The van der Waals surface area contributed by atoms with E-state index in [9.17, 15) is 31.5 Å². The number of piperidine rings is 1. The van der Waals surface area contributed by atoms with Crippen LogP contribution in [0.15, 0.2) is 77.6 Å². The molecule has 0 saturated carbocycles. The smallest absolute Gasteiger partial charge is 0.310 e. The first-order chi connectivity index (χ1) is 23.4. The Morgan fingerprint density at radius 1 is 0.980 bits per heavy atom. The highest BCUT2D eigenvalue weighted by molar-refractivity contribution is 7.15. The molecule has 12 heteroatoms. The molecule has 0 bridgehead atoms. The van der Waals surface area contributed by atoms with Crippen molar-refractivity contribution in [1.29, 1.82) is 0 Å². The van der Waals surface area contributed by atoms with Crippen molar-refractivity contribution in [3.8, 4) is 10.4 Å². The second-order valence-corrected chi connectivity index (χ2v) is 13.6. The molecule has 0 radical (unpaired) electrons. The number of halogens is 5. The van der Waals surface area contributed by atoms with Crippen LogP contribution in [-0.2, 0) is 30.4 Å². The summed E-state index contributed by atoms with van der Waals surface area (Å²) in [6, 6.07) is 17.9. The number of hydrogen-bond acceptors (Lipinski definition) is 5. The monoisotopic (exact) mass is 695 g/mol. The SMILES string of the molecule is CCN1CCC([N+](Cc2ccc(-c3ccc(C(F)(F)F)cc3)s2)(C(C)=O)c2cccc3nc(CCc4cccc(F)c4F)[nH]c(=O)c23)CC1. The molecular formula is C37H36F5N4O2S+. The van der Waals surface area contributed by atoms with Crippen molar-refractivity contribution in [3.05, 3.63) is 117 Å². The number of benzene rings is 3. The predicted octanol–water partition coefficient (Wildman–Crippen LogP) is 8.27. The molecule has 6 rings (SSSR count). The van der Waals surface area contributed by atoms with E-state index in [1.807, 2.05) is 12.1 Å². The van der Waals surface area contributed by atoms with E-state index in [0.29, 0.717) is 35.4 Å². The van der Waals surface area contributed by atoms with Crippen LogP contribution in [0.1, 0.15) is 48.5 Å². The number of aromatic amines is 1. The number of carbonyl (C=O) groups is 1. The molecule has 0 spiro atoms. The number of alkyl halides is 3. The van der Waals surface area contributed by atoms with E-state index in [-0.39, 0.29) is 46.8 Å². The number of quaternary nitrogens is 1. The second kappa shape index (κ2) is 13.9. The van der Waals surface area contributed by atoms with Gasteiger partial charge in [0.1, 0.15) is 23.8 Å². The van der Waals surface area contributed by atoms with Crippen LogP contribution >= 0.6 is 11.3 Å². The lowest BCUT2D eigenvalue weighted by Crippen LogP contribution is -2.62. The van der Waals surface area contributed by atoms with Crippen molar-refractivity contribution >= 4 is 33.8 Å². The minimum absolute atomic E-state index is 0.125. The average molecular weight is 696 g/mol. The van der Waals surface area contributed by atoms with Crippen molar-refractivity contribution in [2.24, 2.45) is 0 Å². The van der Waals surface area contributed by atoms with Gasteiger partial charge in [-0.05, 0) is 60.5 Å².